The molecule has 0 bridgehead atoms. The Kier molecular flexibility index (Phi) is 4.25. The third kappa shape index (κ3) is 2.90. The molecule has 1 N–H and O–H groups in total. The van der Waals surface area contributed by atoms with Crippen LogP contribution in [0.2, 0.25) is 0 Å². The van der Waals surface area contributed by atoms with Crippen molar-refractivity contribution in [1.82, 2.24) is 4.90 Å². The molecule has 1 fully saturated rings. The van der Waals surface area contributed by atoms with Gasteiger partial charge in [-0.1, -0.05) is 67.6 Å². The van der Waals surface area contributed by atoms with Gasteiger partial charge in [-0.05, 0) is 17.0 Å². The molecule has 1 aliphatic heterocycles. The van der Waals surface area contributed by atoms with Crippen LogP contribution in [-0.2, 0) is 4.79 Å². The number of hydrogen-bond acceptors (Lipinski definition) is 2. The predicted molar refractivity (Wildman–Crippen MR) is 86.1 cm³/mol. The molecule has 1 saturated heterocycles. The Morgan fingerprint density at radius 3 is 2.32 bits per heavy atom. The van der Waals surface area contributed by atoms with E-state index in [2.05, 4.69) is 19.1 Å². The summed E-state index contributed by atoms with van der Waals surface area (Å²) in [6.07, 6.45) is -0.596. The fraction of sp³-hybridized carbons (Fsp3) is 0.316. The number of benzene rings is 2. The van der Waals surface area contributed by atoms with Crippen LogP contribution in [0.4, 0.5) is 0 Å². The van der Waals surface area contributed by atoms with Gasteiger partial charge in [-0.25, -0.2) is 0 Å². The maximum absolute atomic E-state index is 12.5. The van der Waals surface area contributed by atoms with E-state index < -0.39 is 6.10 Å². The van der Waals surface area contributed by atoms with Crippen LogP contribution in [-0.4, -0.2) is 22.5 Å². The first-order chi connectivity index (χ1) is 10.7. The van der Waals surface area contributed by atoms with Gasteiger partial charge in [0.2, 0.25) is 5.91 Å². The molecule has 2 aromatic rings. The lowest BCUT2D eigenvalue weighted by Gasteiger charge is -2.47. The van der Waals surface area contributed by atoms with Crippen LogP contribution in [0.15, 0.2) is 60.7 Å². The normalized spacial score (nSPS) is 22.0. The Balaban J connectivity index is 1.68. The van der Waals surface area contributed by atoms with Gasteiger partial charge in [0, 0.05) is 6.54 Å². The Hall–Kier alpha value is -2.13. The van der Waals surface area contributed by atoms with E-state index in [9.17, 15) is 9.90 Å². The van der Waals surface area contributed by atoms with E-state index in [1.54, 1.807) is 0 Å². The highest BCUT2D eigenvalue weighted by atomic mass is 16.3. The van der Waals surface area contributed by atoms with Crippen LogP contribution >= 0.6 is 0 Å². The molecule has 1 heterocycles. The first-order valence-electron chi connectivity index (χ1n) is 7.74. The molecule has 3 nitrogen and oxygen atoms in total. The number of aliphatic hydroxyl groups is 1. The maximum atomic E-state index is 12.5. The van der Waals surface area contributed by atoms with E-state index in [-0.39, 0.29) is 18.4 Å². The van der Waals surface area contributed by atoms with Gasteiger partial charge in [0.05, 0.1) is 18.6 Å². The van der Waals surface area contributed by atoms with E-state index in [0.29, 0.717) is 5.92 Å². The van der Waals surface area contributed by atoms with Crippen LogP contribution in [0.1, 0.15) is 36.6 Å². The monoisotopic (exact) mass is 295 g/mol. The number of rotatable bonds is 4. The first-order valence-corrected chi connectivity index (χ1v) is 7.74. The number of carbonyl (C=O) groups excluding carboxylic acids is 1. The molecule has 3 unspecified atom stereocenters. The molecule has 114 valence electrons. The lowest BCUT2D eigenvalue weighted by molar-refractivity contribution is -0.145. The molecule has 3 atom stereocenters. The topological polar surface area (TPSA) is 40.5 Å². The van der Waals surface area contributed by atoms with Crippen LogP contribution in [0, 0.1) is 5.92 Å². The summed E-state index contributed by atoms with van der Waals surface area (Å²) in [7, 11) is 0. The molecular formula is C19H21NO2. The van der Waals surface area contributed by atoms with Gasteiger partial charge in [0.1, 0.15) is 0 Å². The van der Waals surface area contributed by atoms with Crippen molar-refractivity contribution >= 4 is 5.91 Å². The Morgan fingerprint density at radius 2 is 1.73 bits per heavy atom. The molecular weight excluding hydrogens is 274 g/mol. The Bertz CT molecular complexity index is 626. The zero-order chi connectivity index (χ0) is 15.5. The third-order valence-corrected chi connectivity index (χ3v) is 4.37. The molecule has 0 saturated carbocycles. The number of hydrogen-bond donors (Lipinski definition) is 1. The van der Waals surface area contributed by atoms with E-state index in [1.807, 2.05) is 53.4 Å². The van der Waals surface area contributed by atoms with Crippen LogP contribution in [0.5, 0.6) is 0 Å². The average Bonchev–Trinajstić information content (AvgIpc) is 2.54. The number of aliphatic hydroxyl groups excluding tert-OH is 1. The van der Waals surface area contributed by atoms with Crippen molar-refractivity contribution in [2.75, 3.05) is 6.54 Å². The molecule has 0 spiro atoms. The molecule has 0 aliphatic carbocycles. The first kappa shape index (κ1) is 14.8. The number of carbonyl (C=O) groups is 1. The van der Waals surface area contributed by atoms with Crippen molar-refractivity contribution in [2.24, 2.45) is 5.92 Å². The molecule has 22 heavy (non-hydrogen) atoms. The fourth-order valence-corrected chi connectivity index (χ4v) is 3.18. The minimum absolute atomic E-state index is 0.0170. The molecule has 1 amide bonds. The second-order valence-electron chi connectivity index (χ2n) is 6.01. The summed E-state index contributed by atoms with van der Waals surface area (Å²) in [5.41, 5.74) is 1.96. The minimum atomic E-state index is -0.735. The summed E-state index contributed by atoms with van der Waals surface area (Å²) in [6.45, 7) is 2.93. The van der Waals surface area contributed by atoms with E-state index in [4.69, 9.17) is 0 Å². The number of amides is 1. The van der Waals surface area contributed by atoms with E-state index >= 15 is 0 Å². The van der Waals surface area contributed by atoms with E-state index in [0.717, 1.165) is 12.1 Å². The summed E-state index contributed by atoms with van der Waals surface area (Å²) in [5, 5.41) is 10.2. The zero-order valence-corrected chi connectivity index (χ0v) is 12.7. The van der Waals surface area contributed by atoms with Gasteiger partial charge in [0.15, 0.2) is 0 Å². The molecule has 0 aromatic heterocycles. The lowest BCUT2D eigenvalue weighted by atomic mass is 9.84. The van der Waals surface area contributed by atoms with Gasteiger partial charge in [-0.2, -0.15) is 0 Å². The predicted octanol–water partition coefficient (Wildman–Crippen LogP) is 3.33. The van der Waals surface area contributed by atoms with Crippen LogP contribution in [0.25, 0.3) is 0 Å². The Labute approximate surface area is 131 Å². The maximum Gasteiger partial charge on any atom is 0.226 e. The van der Waals surface area contributed by atoms with Crippen molar-refractivity contribution in [3.63, 3.8) is 0 Å². The average molecular weight is 295 g/mol. The highest BCUT2D eigenvalue weighted by Crippen LogP contribution is 2.39. The van der Waals surface area contributed by atoms with Crippen molar-refractivity contribution in [2.45, 2.75) is 25.5 Å². The molecule has 1 aliphatic rings. The summed E-state index contributed by atoms with van der Waals surface area (Å²) in [4.78, 5) is 14.4. The van der Waals surface area contributed by atoms with Gasteiger partial charge in [-0.3, -0.25) is 4.79 Å². The Morgan fingerprint density at radius 1 is 1.14 bits per heavy atom. The van der Waals surface area contributed by atoms with Crippen molar-refractivity contribution < 1.29 is 9.90 Å². The molecule has 0 radical (unpaired) electrons. The van der Waals surface area contributed by atoms with Gasteiger partial charge < -0.3 is 10.0 Å². The summed E-state index contributed by atoms with van der Waals surface area (Å²) in [5.74, 6) is 0.475. The smallest absolute Gasteiger partial charge is 0.226 e. The summed E-state index contributed by atoms with van der Waals surface area (Å²) >= 11 is 0. The third-order valence-electron chi connectivity index (χ3n) is 4.37. The molecule has 2 aromatic carbocycles. The van der Waals surface area contributed by atoms with Crippen molar-refractivity contribution in [1.29, 1.82) is 0 Å². The molecule has 3 heteroatoms. The number of likely N-dealkylation sites (tertiary alicyclic amines) is 1. The standard InChI is InChI=1S/C19H21NO2/c1-14-13-20(19(14)16-10-6-3-7-11-16)18(22)12-17(21)15-8-4-2-5-9-15/h2-11,14,17,19,21H,12-13H2,1H3. The summed E-state index contributed by atoms with van der Waals surface area (Å²) in [6, 6.07) is 19.6. The second-order valence-corrected chi connectivity index (χ2v) is 6.01. The fourth-order valence-electron chi connectivity index (χ4n) is 3.18. The van der Waals surface area contributed by atoms with Crippen molar-refractivity contribution in [3.05, 3.63) is 71.8 Å². The van der Waals surface area contributed by atoms with Crippen LogP contribution < -0.4 is 0 Å². The summed E-state index contributed by atoms with van der Waals surface area (Å²) < 4.78 is 0. The van der Waals surface area contributed by atoms with Crippen LogP contribution in [0.3, 0.4) is 0 Å². The lowest BCUT2D eigenvalue weighted by Crippen LogP contribution is -2.51. The quantitative estimate of drug-likeness (QED) is 0.940. The SMILES string of the molecule is CC1CN(C(=O)CC(O)c2ccccc2)C1c1ccccc1. The van der Waals surface area contributed by atoms with E-state index in [1.165, 1.54) is 5.56 Å². The second kappa shape index (κ2) is 6.32. The zero-order valence-electron chi connectivity index (χ0n) is 12.7. The largest absolute Gasteiger partial charge is 0.388 e. The van der Waals surface area contributed by atoms with Gasteiger partial charge in [0.25, 0.3) is 0 Å². The molecule has 3 rings (SSSR count). The minimum Gasteiger partial charge on any atom is -0.388 e. The van der Waals surface area contributed by atoms with Gasteiger partial charge >= 0.3 is 0 Å². The van der Waals surface area contributed by atoms with Crippen molar-refractivity contribution in [3.8, 4) is 0 Å². The highest BCUT2D eigenvalue weighted by molar-refractivity contribution is 5.78. The number of nitrogens with zero attached hydrogens (tertiary/aromatic N) is 1. The van der Waals surface area contributed by atoms with Gasteiger partial charge in [-0.15, -0.1) is 0 Å². The highest BCUT2D eigenvalue weighted by Gasteiger charge is 2.40.